The van der Waals surface area contributed by atoms with E-state index in [4.69, 9.17) is 34.8 Å². The second-order valence-corrected chi connectivity index (χ2v) is 7.09. The number of benzene rings is 2. The minimum atomic E-state index is -4.00. The molecule has 0 aliphatic heterocycles. The molecule has 0 aliphatic carbocycles. The van der Waals surface area contributed by atoms with Gasteiger partial charge in [-0.3, -0.25) is 10.1 Å². The molecular formula is C12H6Cl3NO4S. The van der Waals surface area contributed by atoms with E-state index in [1.165, 1.54) is 12.1 Å². The lowest BCUT2D eigenvalue weighted by molar-refractivity contribution is -0.384. The van der Waals surface area contributed by atoms with E-state index in [2.05, 4.69) is 0 Å². The van der Waals surface area contributed by atoms with E-state index in [-0.39, 0.29) is 30.5 Å². The lowest BCUT2D eigenvalue weighted by Crippen LogP contribution is -2.04. The van der Waals surface area contributed by atoms with Crippen molar-refractivity contribution < 1.29 is 13.3 Å². The molecule has 2 rings (SSSR count). The number of nitrogens with zero attached hydrogens (tertiary/aromatic N) is 1. The number of nitro benzene ring substituents is 1. The third-order valence-electron chi connectivity index (χ3n) is 2.59. The van der Waals surface area contributed by atoms with Crippen molar-refractivity contribution in [1.29, 1.82) is 0 Å². The van der Waals surface area contributed by atoms with Gasteiger partial charge in [-0.15, -0.1) is 0 Å². The molecule has 0 atom stereocenters. The summed E-state index contributed by atoms with van der Waals surface area (Å²) in [6, 6.07) is 6.93. The maximum atomic E-state index is 12.5. The van der Waals surface area contributed by atoms with E-state index < -0.39 is 14.8 Å². The highest BCUT2D eigenvalue weighted by atomic mass is 35.5. The lowest BCUT2D eigenvalue weighted by atomic mass is 10.3. The van der Waals surface area contributed by atoms with Crippen LogP contribution in [0, 0.1) is 10.1 Å². The molecule has 0 aromatic heterocycles. The summed E-state index contributed by atoms with van der Waals surface area (Å²) in [5, 5.41) is 10.5. The van der Waals surface area contributed by atoms with Crippen LogP contribution in [0.15, 0.2) is 46.2 Å². The normalized spacial score (nSPS) is 11.4. The van der Waals surface area contributed by atoms with E-state index in [1.54, 1.807) is 0 Å². The van der Waals surface area contributed by atoms with E-state index in [0.717, 1.165) is 24.3 Å². The van der Waals surface area contributed by atoms with Crippen LogP contribution in [0.25, 0.3) is 0 Å². The molecule has 0 aliphatic rings. The number of non-ortho nitro benzene ring substituents is 1. The zero-order valence-corrected chi connectivity index (χ0v) is 13.2. The van der Waals surface area contributed by atoms with Crippen molar-refractivity contribution in [2.75, 3.05) is 0 Å². The number of sulfone groups is 1. The van der Waals surface area contributed by atoms with Gasteiger partial charge in [-0.2, -0.15) is 0 Å². The summed E-state index contributed by atoms with van der Waals surface area (Å²) in [6.45, 7) is 0. The van der Waals surface area contributed by atoms with Gasteiger partial charge in [-0.25, -0.2) is 8.42 Å². The van der Waals surface area contributed by atoms with Crippen LogP contribution in [-0.4, -0.2) is 13.3 Å². The molecule has 0 fully saturated rings. The van der Waals surface area contributed by atoms with Crippen LogP contribution in [0.2, 0.25) is 15.1 Å². The Morgan fingerprint density at radius 2 is 1.43 bits per heavy atom. The van der Waals surface area contributed by atoms with Crippen LogP contribution < -0.4 is 0 Å². The molecule has 0 saturated heterocycles. The van der Waals surface area contributed by atoms with Gasteiger partial charge in [0.1, 0.15) is 4.90 Å². The van der Waals surface area contributed by atoms with Crippen molar-refractivity contribution in [2.24, 2.45) is 0 Å². The predicted octanol–water partition coefficient (Wildman–Crippen LogP) is 4.39. The molecule has 2 aromatic carbocycles. The smallest absolute Gasteiger partial charge is 0.258 e. The SMILES string of the molecule is O=[N+]([O-])c1ccc(S(=O)(=O)c2c(Cl)cc(Cl)cc2Cl)cc1. The number of nitro groups is 1. The van der Waals surface area contributed by atoms with Gasteiger partial charge in [0.05, 0.1) is 19.9 Å². The minimum Gasteiger partial charge on any atom is -0.258 e. The fraction of sp³-hybridized carbons (Fsp3) is 0. The number of hydrogen-bond donors (Lipinski definition) is 0. The van der Waals surface area contributed by atoms with Gasteiger partial charge < -0.3 is 0 Å². The maximum Gasteiger partial charge on any atom is 0.269 e. The van der Waals surface area contributed by atoms with Crippen LogP contribution in [-0.2, 0) is 9.84 Å². The monoisotopic (exact) mass is 365 g/mol. The van der Waals surface area contributed by atoms with Gasteiger partial charge >= 0.3 is 0 Å². The number of rotatable bonds is 3. The standard InChI is InChI=1S/C12H6Cl3NO4S/c13-7-5-10(14)12(11(15)6-7)21(19,20)9-3-1-8(2-4-9)16(17)18/h1-6H. The first-order valence-electron chi connectivity index (χ1n) is 5.37. The Balaban J connectivity index is 2.60. The number of hydrogen-bond acceptors (Lipinski definition) is 4. The van der Waals surface area contributed by atoms with E-state index >= 15 is 0 Å². The molecule has 0 heterocycles. The van der Waals surface area contributed by atoms with Gasteiger partial charge in [0.15, 0.2) is 0 Å². The molecule has 110 valence electrons. The van der Waals surface area contributed by atoms with Crippen LogP contribution in [0.3, 0.4) is 0 Å². The average Bonchev–Trinajstić information content (AvgIpc) is 2.37. The van der Waals surface area contributed by atoms with Gasteiger partial charge in [0, 0.05) is 17.2 Å². The topological polar surface area (TPSA) is 77.3 Å². The molecule has 5 nitrogen and oxygen atoms in total. The summed E-state index contributed by atoms with van der Waals surface area (Å²) in [5.41, 5.74) is -0.220. The second-order valence-electron chi connectivity index (χ2n) is 3.95. The third-order valence-corrected chi connectivity index (χ3v) is 5.50. The Bertz CT molecular complexity index is 796. The largest absolute Gasteiger partial charge is 0.269 e. The summed E-state index contributed by atoms with van der Waals surface area (Å²) in [6.07, 6.45) is 0. The van der Waals surface area contributed by atoms with E-state index in [1.807, 2.05) is 0 Å². The molecule has 0 N–H and O–H groups in total. The highest BCUT2D eigenvalue weighted by Crippen LogP contribution is 2.36. The highest BCUT2D eigenvalue weighted by Gasteiger charge is 2.25. The summed E-state index contributed by atoms with van der Waals surface area (Å²) < 4.78 is 25.0. The lowest BCUT2D eigenvalue weighted by Gasteiger charge is -2.09. The van der Waals surface area contributed by atoms with E-state index in [0.29, 0.717) is 0 Å². The Hall–Kier alpha value is -1.34. The Labute approximate surface area is 135 Å². The zero-order valence-electron chi connectivity index (χ0n) is 10.1. The van der Waals surface area contributed by atoms with Crippen LogP contribution >= 0.6 is 34.8 Å². The highest BCUT2D eigenvalue weighted by molar-refractivity contribution is 7.91. The molecule has 0 amide bonds. The van der Waals surface area contributed by atoms with Crippen molar-refractivity contribution in [3.8, 4) is 0 Å². The second kappa shape index (κ2) is 5.81. The first kappa shape index (κ1) is 16.0. The molecule has 9 heteroatoms. The van der Waals surface area contributed by atoms with Gasteiger partial charge in [0.2, 0.25) is 9.84 Å². The predicted molar refractivity (Wildman–Crippen MR) is 80.0 cm³/mol. The zero-order chi connectivity index (χ0) is 15.8. The number of halogens is 3. The van der Waals surface area contributed by atoms with Crippen LogP contribution in [0.1, 0.15) is 0 Å². The van der Waals surface area contributed by atoms with Crippen molar-refractivity contribution >= 4 is 50.3 Å². The summed E-state index contributed by atoms with van der Waals surface area (Å²) >= 11 is 17.5. The van der Waals surface area contributed by atoms with Gasteiger partial charge in [0.25, 0.3) is 5.69 Å². The Kier molecular flexibility index (Phi) is 4.43. The molecule has 0 saturated carbocycles. The summed E-state index contributed by atoms with van der Waals surface area (Å²) in [4.78, 5) is 9.51. The quantitative estimate of drug-likeness (QED) is 0.596. The molecular weight excluding hydrogens is 361 g/mol. The minimum absolute atomic E-state index is 0.120. The maximum absolute atomic E-state index is 12.5. The van der Waals surface area contributed by atoms with Crippen molar-refractivity contribution in [3.63, 3.8) is 0 Å². The molecule has 0 radical (unpaired) electrons. The molecule has 2 aromatic rings. The Morgan fingerprint density at radius 1 is 0.952 bits per heavy atom. The van der Waals surface area contributed by atoms with E-state index in [9.17, 15) is 18.5 Å². The summed E-state index contributed by atoms with van der Waals surface area (Å²) in [5.74, 6) is 0. The average molecular weight is 367 g/mol. The fourth-order valence-electron chi connectivity index (χ4n) is 1.65. The van der Waals surface area contributed by atoms with Crippen molar-refractivity contribution in [3.05, 3.63) is 61.6 Å². The van der Waals surface area contributed by atoms with Crippen molar-refractivity contribution in [2.45, 2.75) is 9.79 Å². The van der Waals surface area contributed by atoms with Crippen LogP contribution in [0.5, 0.6) is 0 Å². The first-order valence-corrected chi connectivity index (χ1v) is 7.99. The molecule has 0 bridgehead atoms. The molecule has 0 unspecified atom stereocenters. The van der Waals surface area contributed by atoms with Crippen molar-refractivity contribution in [1.82, 2.24) is 0 Å². The Morgan fingerprint density at radius 3 is 1.86 bits per heavy atom. The molecule has 21 heavy (non-hydrogen) atoms. The van der Waals surface area contributed by atoms with Gasteiger partial charge in [-0.05, 0) is 24.3 Å². The fourth-order valence-corrected chi connectivity index (χ4v) is 4.44. The molecule has 0 spiro atoms. The first-order chi connectivity index (χ1) is 9.73. The third kappa shape index (κ3) is 3.13. The summed E-state index contributed by atoms with van der Waals surface area (Å²) in [7, 11) is -4.00. The van der Waals surface area contributed by atoms with Gasteiger partial charge in [-0.1, -0.05) is 34.8 Å². The van der Waals surface area contributed by atoms with Crippen LogP contribution in [0.4, 0.5) is 5.69 Å².